The largest absolute Gasteiger partial charge is 0.392 e. The van der Waals surface area contributed by atoms with Gasteiger partial charge in [-0.05, 0) is 12.0 Å². The summed E-state index contributed by atoms with van der Waals surface area (Å²) in [6, 6.07) is 6.93. The summed E-state index contributed by atoms with van der Waals surface area (Å²) < 4.78 is 0. The number of benzene rings is 1. The molecule has 2 N–H and O–H groups in total. The van der Waals surface area contributed by atoms with E-state index in [4.69, 9.17) is 11.5 Å². The molecule has 0 aliphatic heterocycles. The zero-order valence-electron chi connectivity index (χ0n) is 6.95. The zero-order valence-corrected chi connectivity index (χ0v) is 6.95. The van der Waals surface area contributed by atoms with Gasteiger partial charge in [0.1, 0.15) is 0 Å². The highest BCUT2D eigenvalue weighted by Crippen LogP contribution is 2.14. The van der Waals surface area contributed by atoms with Gasteiger partial charge in [-0.25, -0.2) is 0 Å². The summed E-state index contributed by atoms with van der Waals surface area (Å²) in [5.41, 5.74) is 1.19. The van der Waals surface area contributed by atoms with Gasteiger partial charge in [0.2, 0.25) is 0 Å². The van der Waals surface area contributed by atoms with Crippen molar-refractivity contribution in [2.45, 2.75) is 6.61 Å². The predicted octanol–water partition coefficient (Wildman–Crippen LogP) is 0.751. The minimum absolute atomic E-state index is 0.124. The monoisotopic (exact) mass is 175 g/mol. The first-order valence-corrected chi connectivity index (χ1v) is 3.74. The van der Waals surface area contributed by atoms with Crippen molar-refractivity contribution in [3.05, 3.63) is 29.8 Å². The Morgan fingerprint density at radius 2 is 2.23 bits per heavy atom. The van der Waals surface area contributed by atoms with Gasteiger partial charge in [-0.3, -0.25) is 4.79 Å². The Labute approximate surface area is 76.4 Å². The molecule has 3 heteroatoms. The van der Waals surface area contributed by atoms with Crippen molar-refractivity contribution in [1.29, 1.82) is 0 Å². The minimum Gasteiger partial charge on any atom is -0.392 e. The van der Waals surface area contributed by atoms with E-state index in [9.17, 15) is 4.79 Å². The van der Waals surface area contributed by atoms with Crippen molar-refractivity contribution >= 4 is 11.6 Å². The first-order chi connectivity index (χ1) is 6.27. The summed E-state index contributed by atoms with van der Waals surface area (Å²) in [5, 5.41) is 11.4. The van der Waals surface area contributed by atoms with Crippen molar-refractivity contribution < 1.29 is 9.90 Å². The van der Waals surface area contributed by atoms with Gasteiger partial charge in [-0.15, -0.1) is 6.42 Å². The van der Waals surface area contributed by atoms with Crippen LogP contribution in [-0.2, 0) is 11.4 Å². The number of carbonyl (C=O) groups is 1. The molecule has 1 aromatic rings. The number of amides is 1. The number of hydrogen-bond acceptors (Lipinski definition) is 2. The van der Waals surface area contributed by atoms with Crippen molar-refractivity contribution in [3.63, 3.8) is 0 Å². The van der Waals surface area contributed by atoms with Crippen molar-refractivity contribution in [2.24, 2.45) is 0 Å². The molecule has 0 saturated carbocycles. The molecule has 1 amide bonds. The van der Waals surface area contributed by atoms with Gasteiger partial charge in [0, 0.05) is 11.3 Å². The van der Waals surface area contributed by atoms with Crippen LogP contribution in [0.2, 0.25) is 0 Å². The zero-order chi connectivity index (χ0) is 9.68. The Balaban J connectivity index is 2.88. The predicted molar refractivity (Wildman–Crippen MR) is 49.8 cm³/mol. The van der Waals surface area contributed by atoms with Crippen LogP contribution in [0.1, 0.15) is 5.56 Å². The second-order valence-electron chi connectivity index (χ2n) is 2.41. The average molecular weight is 175 g/mol. The summed E-state index contributed by atoms with van der Waals surface area (Å²) in [6.45, 7) is -0.124. The van der Waals surface area contributed by atoms with Crippen molar-refractivity contribution in [2.75, 3.05) is 5.32 Å². The van der Waals surface area contributed by atoms with E-state index in [1.807, 2.05) is 5.92 Å². The highest BCUT2D eigenvalue weighted by atomic mass is 16.3. The molecule has 0 aliphatic carbocycles. The van der Waals surface area contributed by atoms with E-state index in [1.165, 1.54) is 0 Å². The van der Waals surface area contributed by atoms with Crippen molar-refractivity contribution in [1.82, 2.24) is 0 Å². The lowest BCUT2D eigenvalue weighted by molar-refractivity contribution is -0.111. The van der Waals surface area contributed by atoms with Gasteiger partial charge in [-0.1, -0.05) is 18.2 Å². The topological polar surface area (TPSA) is 49.3 Å². The minimum atomic E-state index is -0.513. The van der Waals surface area contributed by atoms with E-state index in [2.05, 4.69) is 5.32 Å². The van der Waals surface area contributed by atoms with Crippen LogP contribution >= 0.6 is 0 Å². The molecule has 0 unspecified atom stereocenters. The SMILES string of the molecule is C#CC(=O)Nc1ccccc1CO. The van der Waals surface area contributed by atoms with Crippen LogP contribution in [0.3, 0.4) is 0 Å². The van der Waals surface area contributed by atoms with Crippen molar-refractivity contribution in [3.8, 4) is 12.3 Å². The van der Waals surface area contributed by atoms with Crippen LogP contribution in [0.15, 0.2) is 24.3 Å². The summed E-state index contributed by atoms with van der Waals surface area (Å²) >= 11 is 0. The number of anilines is 1. The van der Waals surface area contributed by atoms with E-state index in [1.54, 1.807) is 24.3 Å². The van der Waals surface area contributed by atoms with Gasteiger partial charge in [0.15, 0.2) is 0 Å². The lowest BCUT2D eigenvalue weighted by Crippen LogP contribution is -2.09. The summed E-state index contributed by atoms with van der Waals surface area (Å²) in [6.07, 6.45) is 4.89. The Morgan fingerprint density at radius 1 is 1.54 bits per heavy atom. The summed E-state index contributed by atoms with van der Waals surface area (Å²) in [4.78, 5) is 10.8. The average Bonchev–Trinajstić information content (AvgIpc) is 2.18. The van der Waals surface area contributed by atoms with E-state index in [-0.39, 0.29) is 6.61 Å². The van der Waals surface area contributed by atoms with Crippen LogP contribution < -0.4 is 5.32 Å². The van der Waals surface area contributed by atoms with Crippen LogP contribution in [0.25, 0.3) is 0 Å². The Morgan fingerprint density at radius 3 is 2.85 bits per heavy atom. The summed E-state index contributed by atoms with van der Waals surface area (Å²) in [7, 11) is 0. The number of carbonyl (C=O) groups excluding carboxylic acids is 1. The molecule has 0 bridgehead atoms. The normalized spacial score (nSPS) is 8.92. The van der Waals surface area contributed by atoms with Gasteiger partial charge in [-0.2, -0.15) is 0 Å². The molecule has 0 aromatic heterocycles. The molecule has 13 heavy (non-hydrogen) atoms. The molecule has 1 rings (SSSR count). The number of para-hydroxylation sites is 1. The lowest BCUT2D eigenvalue weighted by Gasteiger charge is -2.05. The first-order valence-electron chi connectivity index (χ1n) is 3.74. The van der Waals surface area contributed by atoms with Crippen LogP contribution in [0, 0.1) is 12.3 Å². The van der Waals surface area contributed by atoms with E-state index in [0.717, 1.165) is 0 Å². The Hall–Kier alpha value is -1.79. The second kappa shape index (κ2) is 4.29. The van der Waals surface area contributed by atoms with Gasteiger partial charge in [0.05, 0.1) is 6.61 Å². The number of hydrogen-bond donors (Lipinski definition) is 2. The standard InChI is InChI=1S/C10H9NO2/c1-2-10(13)11-9-6-4-3-5-8(9)7-12/h1,3-6,12H,7H2,(H,11,13). The maximum Gasteiger partial charge on any atom is 0.300 e. The van der Waals surface area contributed by atoms with Gasteiger partial charge < -0.3 is 10.4 Å². The first kappa shape index (κ1) is 9.30. The maximum atomic E-state index is 10.8. The molecule has 0 spiro atoms. The highest BCUT2D eigenvalue weighted by Gasteiger charge is 2.01. The summed E-state index contributed by atoms with van der Waals surface area (Å²) in [5.74, 6) is 1.42. The second-order valence-corrected chi connectivity index (χ2v) is 2.41. The fraction of sp³-hybridized carbons (Fsp3) is 0.100. The van der Waals surface area contributed by atoms with Crippen LogP contribution in [0.4, 0.5) is 5.69 Å². The lowest BCUT2D eigenvalue weighted by atomic mass is 10.2. The van der Waals surface area contributed by atoms with Gasteiger partial charge >= 0.3 is 0 Å². The third-order valence-electron chi connectivity index (χ3n) is 1.57. The Bertz CT molecular complexity index is 352. The molecule has 0 fully saturated rings. The van der Waals surface area contributed by atoms with Gasteiger partial charge in [0.25, 0.3) is 5.91 Å². The molecule has 66 valence electrons. The van der Waals surface area contributed by atoms with E-state index < -0.39 is 5.91 Å². The molecule has 0 aliphatic rings. The Kier molecular flexibility index (Phi) is 3.07. The molecule has 0 heterocycles. The number of rotatable bonds is 2. The molecule has 0 saturated heterocycles. The molecule has 0 radical (unpaired) electrons. The van der Waals surface area contributed by atoms with Crippen LogP contribution in [0.5, 0.6) is 0 Å². The molecule has 3 nitrogen and oxygen atoms in total. The number of aliphatic hydroxyl groups is 1. The molecule has 0 atom stereocenters. The fourth-order valence-electron chi connectivity index (χ4n) is 0.939. The van der Waals surface area contributed by atoms with E-state index in [0.29, 0.717) is 11.3 Å². The number of terminal acetylenes is 1. The smallest absolute Gasteiger partial charge is 0.300 e. The number of aliphatic hydroxyl groups excluding tert-OH is 1. The molecular weight excluding hydrogens is 166 g/mol. The third-order valence-corrected chi connectivity index (χ3v) is 1.57. The number of nitrogens with one attached hydrogen (secondary N) is 1. The molecular formula is C10H9NO2. The highest BCUT2D eigenvalue weighted by molar-refractivity contribution is 6.03. The fourth-order valence-corrected chi connectivity index (χ4v) is 0.939. The van der Waals surface area contributed by atoms with Crippen LogP contribution in [-0.4, -0.2) is 11.0 Å². The van der Waals surface area contributed by atoms with E-state index >= 15 is 0 Å². The molecule has 1 aromatic carbocycles. The quantitative estimate of drug-likeness (QED) is 0.651. The maximum absolute atomic E-state index is 10.8. The third kappa shape index (κ3) is 2.32.